The molecule has 0 aliphatic carbocycles. The van der Waals surface area contributed by atoms with Crippen molar-refractivity contribution in [2.24, 2.45) is 11.8 Å². The van der Waals surface area contributed by atoms with E-state index in [-0.39, 0.29) is 11.8 Å². The zero-order valence-electron chi connectivity index (χ0n) is 9.01. The van der Waals surface area contributed by atoms with Gasteiger partial charge in [-0.25, -0.2) is 0 Å². The highest BCUT2D eigenvalue weighted by atomic mass is 14.4. The van der Waals surface area contributed by atoms with Crippen LogP contribution in [-0.2, 0) is 0 Å². The second-order valence-corrected chi connectivity index (χ2v) is 3.79. The van der Waals surface area contributed by atoms with Crippen molar-refractivity contribution >= 4 is 0 Å². The van der Waals surface area contributed by atoms with Gasteiger partial charge >= 0.3 is 0 Å². The maximum absolute atomic E-state index is 8.82. The van der Waals surface area contributed by atoms with Gasteiger partial charge in [-0.2, -0.15) is 10.5 Å². The van der Waals surface area contributed by atoms with Gasteiger partial charge in [0.25, 0.3) is 0 Å². The summed E-state index contributed by atoms with van der Waals surface area (Å²) in [6.07, 6.45) is 0. The summed E-state index contributed by atoms with van der Waals surface area (Å²) in [5.41, 5.74) is 1.18. The van der Waals surface area contributed by atoms with Gasteiger partial charge in [0.2, 0.25) is 0 Å². The van der Waals surface area contributed by atoms with Crippen LogP contribution >= 0.6 is 0 Å². The monoisotopic (exact) mass is 198 g/mol. The van der Waals surface area contributed by atoms with Crippen LogP contribution in [0.2, 0.25) is 0 Å². The fraction of sp³-hybridized carbons (Fsp3) is 0.385. The average molecular weight is 198 g/mol. The predicted molar refractivity (Wildman–Crippen MR) is 58.7 cm³/mol. The van der Waals surface area contributed by atoms with Crippen molar-refractivity contribution in [1.29, 1.82) is 10.5 Å². The molecule has 1 aromatic rings. The number of rotatable bonds is 3. The van der Waals surface area contributed by atoms with Crippen LogP contribution in [-0.4, -0.2) is 0 Å². The fourth-order valence-corrected chi connectivity index (χ4v) is 1.61. The molecule has 0 bridgehead atoms. The zero-order valence-corrected chi connectivity index (χ0v) is 9.01. The van der Waals surface area contributed by atoms with Gasteiger partial charge in [0.15, 0.2) is 0 Å². The third kappa shape index (κ3) is 2.58. The molecule has 0 aliphatic rings. The van der Waals surface area contributed by atoms with Crippen LogP contribution in [0, 0.1) is 34.5 Å². The molecule has 2 unspecified atom stereocenters. The van der Waals surface area contributed by atoms with Crippen LogP contribution in [0.15, 0.2) is 30.3 Å². The SMILES string of the molecule is CC(c1ccccc1)C(C)C(C#N)C#N. The normalized spacial score (nSPS) is 13.9. The predicted octanol–water partition coefficient (Wildman–Crippen LogP) is 3.09. The summed E-state index contributed by atoms with van der Waals surface area (Å²) in [6, 6.07) is 14.1. The summed E-state index contributed by atoms with van der Waals surface area (Å²) >= 11 is 0. The molecule has 15 heavy (non-hydrogen) atoms. The zero-order chi connectivity index (χ0) is 11.3. The lowest BCUT2D eigenvalue weighted by Gasteiger charge is -2.20. The Balaban J connectivity index is 2.83. The first-order chi connectivity index (χ1) is 7.20. The van der Waals surface area contributed by atoms with E-state index in [1.165, 1.54) is 5.56 Å². The van der Waals surface area contributed by atoms with Crippen molar-refractivity contribution in [3.63, 3.8) is 0 Å². The molecule has 2 nitrogen and oxygen atoms in total. The largest absolute Gasteiger partial charge is 0.197 e. The number of nitriles is 2. The molecule has 0 fully saturated rings. The summed E-state index contributed by atoms with van der Waals surface area (Å²) in [5.74, 6) is -0.238. The Kier molecular flexibility index (Phi) is 3.89. The van der Waals surface area contributed by atoms with Crippen LogP contribution in [0.5, 0.6) is 0 Å². The molecular weight excluding hydrogens is 184 g/mol. The second kappa shape index (κ2) is 5.17. The van der Waals surface area contributed by atoms with Crippen LogP contribution in [0.1, 0.15) is 25.3 Å². The molecule has 0 aliphatic heterocycles. The molecule has 2 heteroatoms. The Bertz CT molecular complexity index is 369. The number of hydrogen-bond donors (Lipinski definition) is 0. The molecule has 1 rings (SSSR count). The minimum atomic E-state index is -0.528. The van der Waals surface area contributed by atoms with E-state index in [2.05, 4.69) is 6.92 Å². The number of hydrogen-bond acceptors (Lipinski definition) is 2. The smallest absolute Gasteiger partial charge is 0.136 e. The first kappa shape index (κ1) is 11.3. The highest BCUT2D eigenvalue weighted by molar-refractivity contribution is 5.21. The van der Waals surface area contributed by atoms with Gasteiger partial charge in [-0.3, -0.25) is 0 Å². The standard InChI is InChI=1S/C13H14N2/c1-10(11(2)13(8-14)9-15)12-6-4-3-5-7-12/h3-7,10-11,13H,1-2H3. The summed E-state index contributed by atoms with van der Waals surface area (Å²) in [6.45, 7) is 4.01. The van der Waals surface area contributed by atoms with Crippen molar-refractivity contribution in [3.05, 3.63) is 35.9 Å². The maximum Gasteiger partial charge on any atom is 0.136 e. The Hall–Kier alpha value is -1.80. The van der Waals surface area contributed by atoms with Crippen LogP contribution < -0.4 is 0 Å². The average Bonchev–Trinajstić information content (AvgIpc) is 2.30. The highest BCUT2D eigenvalue weighted by Gasteiger charge is 2.23. The summed E-state index contributed by atoms with van der Waals surface area (Å²) in [4.78, 5) is 0. The quantitative estimate of drug-likeness (QED) is 0.749. The van der Waals surface area contributed by atoms with E-state index < -0.39 is 5.92 Å². The van der Waals surface area contributed by atoms with E-state index in [1.807, 2.05) is 49.4 Å². The second-order valence-electron chi connectivity index (χ2n) is 3.79. The molecule has 1 aromatic carbocycles. The van der Waals surface area contributed by atoms with Gasteiger partial charge in [-0.05, 0) is 17.4 Å². The Labute approximate surface area is 90.8 Å². The van der Waals surface area contributed by atoms with Gasteiger partial charge < -0.3 is 0 Å². The van der Waals surface area contributed by atoms with Gasteiger partial charge in [0.1, 0.15) is 5.92 Å². The molecule has 0 aromatic heterocycles. The molecular formula is C13H14N2. The Morgan fingerprint density at radius 2 is 1.53 bits per heavy atom. The van der Waals surface area contributed by atoms with E-state index >= 15 is 0 Å². The molecule has 0 saturated carbocycles. The number of nitrogens with zero attached hydrogens (tertiary/aromatic N) is 2. The number of benzene rings is 1. The van der Waals surface area contributed by atoms with Gasteiger partial charge in [-0.1, -0.05) is 44.2 Å². The van der Waals surface area contributed by atoms with Crippen LogP contribution in [0.25, 0.3) is 0 Å². The van der Waals surface area contributed by atoms with Crippen molar-refractivity contribution in [2.45, 2.75) is 19.8 Å². The first-order valence-corrected chi connectivity index (χ1v) is 5.05. The van der Waals surface area contributed by atoms with Crippen molar-refractivity contribution < 1.29 is 0 Å². The van der Waals surface area contributed by atoms with Gasteiger partial charge in [-0.15, -0.1) is 0 Å². The minimum absolute atomic E-state index is 0.0578. The lowest BCUT2D eigenvalue weighted by Crippen LogP contribution is -2.14. The van der Waals surface area contributed by atoms with E-state index in [0.29, 0.717) is 0 Å². The fourth-order valence-electron chi connectivity index (χ4n) is 1.61. The third-order valence-corrected chi connectivity index (χ3v) is 2.92. The first-order valence-electron chi connectivity index (χ1n) is 5.05. The summed E-state index contributed by atoms with van der Waals surface area (Å²) in [5, 5.41) is 17.6. The van der Waals surface area contributed by atoms with E-state index in [9.17, 15) is 0 Å². The lowest BCUT2D eigenvalue weighted by atomic mass is 9.81. The molecule has 2 atom stereocenters. The van der Waals surface area contributed by atoms with Crippen LogP contribution in [0.3, 0.4) is 0 Å². The topological polar surface area (TPSA) is 47.6 Å². The molecule has 0 radical (unpaired) electrons. The van der Waals surface area contributed by atoms with Crippen molar-refractivity contribution in [2.75, 3.05) is 0 Å². The Morgan fingerprint density at radius 1 is 1.00 bits per heavy atom. The molecule has 0 heterocycles. The van der Waals surface area contributed by atoms with E-state index in [4.69, 9.17) is 10.5 Å². The third-order valence-electron chi connectivity index (χ3n) is 2.92. The lowest BCUT2D eigenvalue weighted by molar-refractivity contribution is 0.436. The minimum Gasteiger partial charge on any atom is -0.197 e. The van der Waals surface area contributed by atoms with E-state index in [0.717, 1.165) is 0 Å². The van der Waals surface area contributed by atoms with Gasteiger partial charge in [0, 0.05) is 0 Å². The molecule has 0 amide bonds. The van der Waals surface area contributed by atoms with Crippen molar-refractivity contribution in [1.82, 2.24) is 0 Å². The molecule has 0 N–H and O–H groups in total. The Morgan fingerprint density at radius 3 is 2.00 bits per heavy atom. The summed E-state index contributed by atoms with van der Waals surface area (Å²) in [7, 11) is 0. The maximum atomic E-state index is 8.82. The molecule has 0 saturated heterocycles. The molecule has 0 spiro atoms. The molecule has 76 valence electrons. The van der Waals surface area contributed by atoms with E-state index in [1.54, 1.807) is 0 Å². The van der Waals surface area contributed by atoms with Crippen molar-refractivity contribution in [3.8, 4) is 12.1 Å². The van der Waals surface area contributed by atoms with Crippen LogP contribution in [0.4, 0.5) is 0 Å². The summed E-state index contributed by atoms with van der Waals surface area (Å²) < 4.78 is 0. The van der Waals surface area contributed by atoms with Gasteiger partial charge in [0.05, 0.1) is 12.1 Å². The highest BCUT2D eigenvalue weighted by Crippen LogP contribution is 2.28.